The number of para-hydroxylation sites is 5. The molecule has 0 unspecified atom stereocenters. The minimum absolute atomic E-state index is 0. The molecule has 10 aromatic carbocycles. The van der Waals surface area contributed by atoms with Gasteiger partial charge in [-0.05, 0) is 70.1 Å². The summed E-state index contributed by atoms with van der Waals surface area (Å²) in [5.41, 5.74) is 18.8. The molecule has 0 fully saturated rings. The first kappa shape index (κ1) is 42.9. The first-order valence-electron chi connectivity index (χ1n) is 24.3. The van der Waals surface area contributed by atoms with Crippen molar-refractivity contribution in [1.29, 1.82) is 0 Å². The van der Waals surface area contributed by atoms with E-state index in [2.05, 4.69) is 238 Å². The number of pyridine rings is 1. The molecule has 7 heteroatoms. The molecule has 73 heavy (non-hydrogen) atoms. The predicted octanol–water partition coefficient (Wildman–Crippen LogP) is 17.1. The number of hydrogen-bond acceptors (Lipinski definition) is 4. The van der Waals surface area contributed by atoms with Gasteiger partial charge in [-0.25, -0.2) is 4.98 Å². The van der Waals surface area contributed by atoms with Gasteiger partial charge in [0.2, 0.25) is 0 Å². The Morgan fingerprint density at radius 3 is 1.82 bits per heavy atom. The summed E-state index contributed by atoms with van der Waals surface area (Å²) in [6, 6.07) is 89.0. The summed E-state index contributed by atoms with van der Waals surface area (Å²) in [5, 5.41) is 4.67. The van der Waals surface area contributed by atoms with Crippen LogP contribution in [0.4, 0.5) is 22.7 Å². The van der Waals surface area contributed by atoms with E-state index in [1.54, 1.807) is 0 Å². The molecule has 0 radical (unpaired) electrons. The summed E-state index contributed by atoms with van der Waals surface area (Å²) in [5.74, 6) is 1.95. The first-order valence-corrected chi connectivity index (χ1v) is 24.3. The molecular formula is C66H40N5OPt-3. The topological polar surface area (TPSA) is 38.5 Å². The largest absolute Gasteiger partial charge is 0.509 e. The maximum atomic E-state index is 6.83. The fourth-order valence-corrected chi connectivity index (χ4v) is 11.4. The van der Waals surface area contributed by atoms with Crippen LogP contribution >= 0.6 is 0 Å². The molecule has 5 heterocycles. The molecule has 2 aliphatic heterocycles. The molecule has 6 nitrogen and oxygen atoms in total. The normalized spacial score (nSPS) is 12.4. The predicted molar refractivity (Wildman–Crippen MR) is 294 cm³/mol. The number of rotatable bonds is 7. The Kier molecular flexibility index (Phi) is 10.1. The van der Waals surface area contributed by atoms with Gasteiger partial charge in [-0.2, -0.15) is 12.1 Å². The van der Waals surface area contributed by atoms with Crippen LogP contribution in [0.2, 0.25) is 0 Å². The fourth-order valence-electron chi connectivity index (χ4n) is 11.4. The van der Waals surface area contributed by atoms with Crippen LogP contribution in [0, 0.1) is 18.8 Å². The second kappa shape index (κ2) is 17.1. The van der Waals surface area contributed by atoms with Crippen molar-refractivity contribution in [3.63, 3.8) is 0 Å². The Balaban J connectivity index is 0.00000493. The smallest absolute Gasteiger partial charge is 0.135 e. The number of anilines is 4. The third kappa shape index (κ3) is 6.64. The van der Waals surface area contributed by atoms with E-state index in [0.717, 1.165) is 78.3 Å². The van der Waals surface area contributed by atoms with Gasteiger partial charge in [-0.15, -0.1) is 48.1 Å². The van der Waals surface area contributed by atoms with Crippen molar-refractivity contribution in [3.05, 3.63) is 256 Å². The molecule has 348 valence electrons. The van der Waals surface area contributed by atoms with Crippen LogP contribution in [-0.2, 0) is 21.1 Å². The molecule has 13 aromatic rings. The molecular weight excluding hydrogens is 1070 g/mol. The van der Waals surface area contributed by atoms with E-state index in [0.29, 0.717) is 11.5 Å². The van der Waals surface area contributed by atoms with E-state index < -0.39 is 0 Å². The monoisotopic (exact) mass is 1110 g/mol. The van der Waals surface area contributed by atoms with Crippen molar-refractivity contribution in [2.24, 2.45) is 0 Å². The molecule has 0 N–H and O–H groups in total. The number of benzene rings is 10. The van der Waals surface area contributed by atoms with Gasteiger partial charge in [0.15, 0.2) is 0 Å². The van der Waals surface area contributed by atoms with Gasteiger partial charge < -0.3 is 23.7 Å². The van der Waals surface area contributed by atoms with Crippen molar-refractivity contribution in [3.8, 4) is 67.5 Å². The Morgan fingerprint density at radius 2 is 1.04 bits per heavy atom. The van der Waals surface area contributed by atoms with Crippen molar-refractivity contribution in [2.75, 3.05) is 9.80 Å². The minimum Gasteiger partial charge on any atom is -0.509 e. The minimum atomic E-state index is 0. The Bertz CT molecular complexity index is 4240. The quantitative estimate of drug-likeness (QED) is 0.149. The number of nitrogens with zero attached hydrogens (tertiary/aromatic N) is 5. The molecule has 0 atom stereocenters. The van der Waals surface area contributed by atoms with E-state index in [1.807, 2.05) is 36.5 Å². The molecule has 0 bridgehead atoms. The SMILES string of the molecule is [Pt].[c-]1c(Oc2[c-]c3c(cc2)c2c4c(ccc2n3-c2ccccn2)-n2c3ccccc3c3cccc(c32)-c2ccccc2-4)cccc1N1[CH-]N(c2c(-c3ccccc3)cccc2-c2ccccc2)c2ccccc21. The van der Waals surface area contributed by atoms with E-state index >= 15 is 0 Å². The Morgan fingerprint density at radius 1 is 0.411 bits per heavy atom. The first-order chi connectivity index (χ1) is 35.7. The van der Waals surface area contributed by atoms with Crippen LogP contribution in [0.3, 0.4) is 0 Å². The summed E-state index contributed by atoms with van der Waals surface area (Å²) in [4.78, 5) is 9.45. The molecule has 0 amide bonds. The third-order valence-corrected chi connectivity index (χ3v) is 14.4. The average Bonchev–Trinajstić information content (AvgIpc) is 4.09. The van der Waals surface area contributed by atoms with Gasteiger partial charge in [-0.3, -0.25) is 0 Å². The van der Waals surface area contributed by atoms with Gasteiger partial charge in [0.1, 0.15) is 5.82 Å². The zero-order chi connectivity index (χ0) is 47.3. The van der Waals surface area contributed by atoms with Crippen LogP contribution in [0.5, 0.6) is 11.5 Å². The van der Waals surface area contributed by atoms with E-state index in [4.69, 9.17) is 9.72 Å². The molecule has 0 spiro atoms. The van der Waals surface area contributed by atoms with Gasteiger partial charge in [0.25, 0.3) is 0 Å². The molecule has 3 aromatic heterocycles. The van der Waals surface area contributed by atoms with Crippen LogP contribution in [0.15, 0.2) is 237 Å². The summed E-state index contributed by atoms with van der Waals surface area (Å²) in [6.07, 6.45) is 1.85. The second-order valence-corrected chi connectivity index (χ2v) is 18.3. The molecule has 0 saturated heterocycles. The van der Waals surface area contributed by atoms with Crippen LogP contribution < -0.4 is 14.5 Å². The second-order valence-electron chi connectivity index (χ2n) is 18.3. The molecule has 15 rings (SSSR count). The maximum absolute atomic E-state index is 6.83. The molecule has 0 aliphatic carbocycles. The van der Waals surface area contributed by atoms with Crippen molar-refractivity contribution in [1.82, 2.24) is 14.1 Å². The van der Waals surface area contributed by atoms with Crippen LogP contribution in [0.25, 0.3) is 99.6 Å². The van der Waals surface area contributed by atoms with E-state index in [-0.39, 0.29) is 21.1 Å². The van der Waals surface area contributed by atoms with E-state index in [9.17, 15) is 0 Å². The third-order valence-electron chi connectivity index (χ3n) is 14.4. The number of aromatic nitrogens is 3. The standard InChI is InChI=1S/C66H40N5O.Pt/c1-3-18-43(19-4-1)48-27-16-28-49(44-20-5-2-6-21-44)65(48)69-42-68(57-32-11-12-33-58(57)69)45-22-15-23-46(40-45)72-47-35-36-55-61(41-47)70(62-34-13-14-39-67-62)59-37-38-60-63(64(55)59)52-26-8-7-24-50(52)53-29-17-30-54-51-25-9-10-31-56(51)71(60)66(53)54;/h1-39,42H;/q-3;. The van der Waals surface area contributed by atoms with Crippen molar-refractivity contribution >= 4 is 66.4 Å². The Hall–Kier alpha value is -8.96. The zero-order valence-corrected chi connectivity index (χ0v) is 41.3. The van der Waals surface area contributed by atoms with Crippen LogP contribution in [0.1, 0.15) is 0 Å². The number of fused-ring (bicyclic) bond motifs is 13. The van der Waals surface area contributed by atoms with Crippen molar-refractivity contribution in [2.45, 2.75) is 0 Å². The van der Waals surface area contributed by atoms with Gasteiger partial charge >= 0.3 is 0 Å². The number of hydrogen-bond donors (Lipinski definition) is 0. The summed E-state index contributed by atoms with van der Waals surface area (Å²) in [6.45, 7) is 2.18. The number of ether oxygens (including phenoxy) is 1. The summed E-state index contributed by atoms with van der Waals surface area (Å²) >= 11 is 0. The zero-order valence-electron chi connectivity index (χ0n) is 39.1. The summed E-state index contributed by atoms with van der Waals surface area (Å²) < 4.78 is 11.5. The maximum Gasteiger partial charge on any atom is 0.135 e. The molecule has 2 aliphatic rings. The van der Waals surface area contributed by atoms with E-state index in [1.165, 1.54) is 44.1 Å². The van der Waals surface area contributed by atoms with Crippen molar-refractivity contribution < 1.29 is 25.8 Å². The van der Waals surface area contributed by atoms with Crippen LogP contribution in [-0.4, -0.2) is 14.1 Å². The van der Waals surface area contributed by atoms with Gasteiger partial charge in [0, 0.05) is 94.4 Å². The average molecular weight is 1110 g/mol. The van der Waals surface area contributed by atoms with Gasteiger partial charge in [0.05, 0.1) is 16.7 Å². The fraction of sp³-hybridized carbons (Fsp3) is 0. The molecule has 0 saturated carbocycles. The van der Waals surface area contributed by atoms with Gasteiger partial charge in [-0.1, -0.05) is 163 Å². The summed E-state index contributed by atoms with van der Waals surface area (Å²) in [7, 11) is 0. The Labute approximate surface area is 436 Å².